The van der Waals surface area contributed by atoms with E-state index in [4.69, 9.17) is 11.5 Å². The summed E-state index contributed by atoms with van der Waals surface area (Å²) in [6.45, 7) is 10.5. The van der Waals surface area contributed by atoms with Crippen LogP contribution < -0.4 is 22.1 Å². The van der Waals surface area contributed by atoms with Gasteiger partial charge >= 0.3 is 0 Å². The topological polar surface area (TPSA) is 76.1 Å². The summed E-state index contributed by atoms with van der Waals surface area (Å²) in [5.41, 5.74) is 10.9. The lowest BCUT2D eigenvalue weighted by Gasteiger charge is -2.26. The largest absolute Gasteiger partial charge is 0.329 e. The minimum Gasteiger partial charge on any atom is -0.329 e. The molecule has 4 nitrogen and oxygen atoms in total. The summed E-state index contributed by atoms with van der Waals surface area (Å²) in [5, 5.41) is 6.80. The molecule has 0 amide bonds. The van der Waals surface area contributed by atoms with Crippen molar-refractivity contribution in [3.8, 4) is 0 Å². The highest BCUT2D eigenvalue weighted by Gasteiger charge is 2.23. The fraction of sp³-hybridized carbons (Fsp3) is 1.00. The summed E-state index contributed by atoms with van der Waals surface area (Å²) in [6.07, 6.45) is 0. The van der Waals surface area contributed by atoms with E-state index in [0.717, 1.165) is 48.3 Å². The molecule has 0 spiro atoms. The van der Waals surface area contributed by atoms with Gasteiger partial charge in [-0.15, -0.1) is 0 Å². The molecular formula is C10H28N4Si2. The molecule has 0 aromatic carbocycles. The SMILES string of the molecule is C[Si][Si](C)(CCNCCN)CCNCCN. The molecule has 0 aliphatic rings. The van der Waals surface area contributed by atoms with Gasteiger partial charge in [-0.25, -0.2) is 0 Å². The van der Waals surface area contributed by atoms with Crippen LogP contribution in [0.3, 0.4) is 0 Å². The van der Waals surface area contributed by atoms with Gasteiger partial charge in [0, 0.05) is 42.8 Å². The molecule has 2 radical (unpaired) electrons. The van der Waals surface area contributed by atoms with E-state index in [2.05, 4.69) is 23.7 Å². The molecule has 0 rings (SSSR count). The second-order valence-electron chi connectivity index (χ2n) is 4.39. The van der Waals surface area contributed by atoms with Crippen LogP contribution in [0.1, 0.15) is 0 Å². The average molecular weight is 261 g/mol. The Balaban J connectivity index is 3.64. The maximum Gasteiger partial charge on any atom is 0.0409 e. The Kier molecular flexibility index (Phi) is 10.6. The Labute approximate surface area is 104 Å². The molecule has 0 aromatic rings. The second kappa shape index (κ2) is 10.4. The molecule has 96 valence electrons. The summed E-state index contributed by atoms with van der Waals surface area (Å²) < 4.78 is 0. The van der Waals surface area contributed by atoms with Crippen molar-refractivity contribution in [1.29, 1.82) is 0 Å². The molecule has 6 N–H and O–H groups in total. The van der Waals surface area contributed by atoms with E-state index in [0.29, 0.717) is 0 Å². The average Bonchev–Trinajstić information content (AvgIpc) is 2.31. The van der Waals surface area contributed by atoms with Gasteiger partial charge in [0.05, 0.1) is 0 Å². The van der Waals surface area contributed by atoms with Gasteiger partial charge < -0.3 is 22.1 Å². The first-order chi connectivity index (χ1) is 7.68. The minimum atomic E-state index is -1.00. The third kappa shape index (κ3) is 8.43. The Hall–Kier alpha value is 0.274. The molecule has 0 aliphatic heterocycles. The highest BCUT2D eigenvalue weighted by atomic mass is 29.2. The van der Waals surface area contributed by atoms with E-state index in [1.807, 2.05) is 0 Å². The first kappa shape index (κ1) is 16.3. The number of nitrogens with two attached hydrogens (primary N) is 2. The van der Waals surface area contributed by atoms with Gasteiger partial charge in [0.15, 0.2) is 0 Å². The van der Waals surface area contributed by atoms with Gasteiger partial charge in [0.2, 0.25) is 0 Å². The van der Waals surface area contributed by atoms with Crippen molar-refractivity contribution in [1.82, 2.24) is 10.6 Å². The number of hydrogen-bond donors (Lipinski definition) is 4. The van der Waals surface area contributed by atoms with Crippen molar-refractivity contribution >= 4 is 16.6 Å². The standard InChI is InChI=1S/C10H28N4Si2/c1-15-16(2,9-7-13-5-3-11)10-8-14-6-4-12/h13-14H,3-12H2,1-2H3. The monoisotopic (exact) mass is 260 g/mol. The van der Waals surface area contributed by atoms with E-state index in [1.54, 1.807) is 0 Å². The number of hydrogen-bond acceptors (Lipinski definition) is 4. The van der Waals surface area contributed by atoms with E-state index < -0.39 is 7.59 Å². The number of nitrogens with one attached hydrogen (secondary N) is 2. The van der Waals surface area contributed by atoms with Gasteiger partial charge in [-0.2, -0.15) is 0 Å². The smallest absolute Gasteiger partial charge is 0.0409 e. The molecular weight excluding hydrogens is 232 g/mol. The molecule has 0 bridgehead atoms. The van der Waals surface area contributed by atoms with Gasteiger partial charge in [-0.05, 0) is 25.2 Å². The van der Waals surface area contributed by atoms with Crippen molar-refractivity contribution < 1.29 is 0 Å². The Morgan fingerprint density at radius 3 is 1.69 bits per heavy atom. The van der Waals surface area contributed by atoms with Crippen LogP contribution >= 0.6 is 0 Å². The van der Waals surface area contributed by atoms with Gasteiger partial charge in [-0.3, -0.25) is 0 Å². The van der Waals surface area contributed by atoms with Crippen LogP contribution in [0.25, 0.3) is 0 Å². The summed E-state index contributed by atoms with van der Waals surface area (Å²) in [4.78, 5) is 0. The third-order valence-corrected chi connectivity index (χ3v) is 12.0. The predicted molar refractivity (Wildman–Crippen MR) is 76.7 cm³/mol. The van der Waals surface area contributed by atoms with Crippen molar-refractivity contribution in [3.63, 3.8) is 0 Å². The van der Waals surface area contributed by atoms with Crippen LogP contribution in [0.15, 0.2) is 0 Å². The van der Waals surface area contributed by atoms with E-state index in [9.17, 15) is 0 Å². The van der Waals surface area contributed by atoms with Crippen LogP contribution in [-0.4, -0.2) is 55.9 Å². The van der Waals surface area contributed by atoms with Crippen LogP contribution in [0.4, 0.5) is 0 Å². The van der Waals surface area contributed by atoms with Crippen LogP contribution in [0.5, 0.6) is 0 Å². The first-order valence-electron chi connectivity index (χ1n) is 6.19. The predicted octanol–water partition coefficient (Wildman–Crippen LogP) is -0.589. The van der Waals surface area contributed by atoms with E-state index in [1.165, 1.54) is 12.1 Å². The highest BCUT2D eigenvalue weighted by molar-refractivity contribution is 7.23. The lowest BCUT2D eigenvalue weighted by molar-refractivity contribution is 0.706. The molecule has 0 saturated heterocycles. The van der Waals surface area contributed by atoms with Crippen molar-refractivity contribution in [2.45, 2.75) is 25.2 Å². The lowest BCUT2D eigenvalue weighted by atomic mass is 10.6. The molecule has 0 aromatic heterocycles. The third-order valence-electron chi connectivity index (χ3n) is 2.95. The van der Waals surface area contributed by atoms with Crippen LogP contribution in [0.2, 0.25) is 25.2 Å². The van der Waals surface area contributed by atoms with E-state index >= 15 is 0 Å². The van der Waals surface area contributed by atoms with Crippen molar-refractivity contribution in [3.05, 3.63) is 0 Å². The zero-order valence-electron chi connectivity index (χ0n) is 10.8. The first-order valence-corrected chi connectivity index (χ1v) is 11.6. The maximum atomic E-state index is 5.45. The molecule has 0 atom stereocenters. The summed E-state index contributed by atoms with van der Waals surface area (Å²) in [5.74, 6) is 0. The normalized spacial score (nSPS) is 12.0. The van der Waals surface area contributed by atoms with E-state index in [-0.39, 0.29) is 0 Å². The molecule has 6 heteroatoms. The van der Waals surface area contributed by atoms with Gasteiger partial charge in [-0.1, -0.05) is 13.1 Å². The summed E-state index contributed by atoms with van der Waals surface area (Å²) >= 11 is 0. The molecule has 0 saturated carbocycles. The zero-order valence-corrected chi connectivity index (χ0v) is 12.8. The zero-order chi connectivity index (χ0) is 12.3. The number of rotatable bonds is 11. The lowest BCUT2D eigenvalue weighted by Crippen LogP contribution is -2.43. The molecule has 16 heavy (non-hydrogen) atoms. The Morgan fingerprint density at radius 1 is 0.938 bits per heavy atom. The maximum absolute atomic E-state index is 5.45. The highest BCUT2D eigenvalue weighted by Crippen LogP contribution is 2.12. The fourth-order valence-corrected chi connectivity index (χ4v) is 6.01. The quantitative estimate of drug-likeness (QED) is 0.296. The second-order valence-corrected chi connectivity index (χ2v) is 14.1. The molecule has 0 unspecified atom stereocenters. The molecule has 0 heterocycles. The fourth-order valence-electron chi connectivity index (χ4n) is 1.56. The van der Waals surface area contributed by atoms with Gasteiger partial charge in [0.1, 0.15) is 0 Å². The van der Waals surface area contributed by atoms with Crippen LogP contribution in [0, 0.1) is 0 Å². The Bertz CT molecular complexity index is 146. The molecule has 0 aliphatic carbocycles. The minimum absolute atomic E-state index is 0.741. The molecule has 0 fully saturated rings. The van der Waals surface area contributed by atoms with Crippen LogP contribution in [-0.2, 0) is 0 Å². The van der Waals surface area contributed by atoms with Crippen molar-refractivity contribution in [2.24, 2.45) is 11.5 Å². The summed E-state index contributed by atoms with van der Waals surface area (Å²) in [6, 6.07) is 2.73. The summed E-state index contributed by atoms with van der Waals surface area (Å²) in [7, 11) is 0.120. The van der Waals surface area contributed by atoms with Gasteiger partial charge in [0.25, 0.3) is 0 Å². The van der Waals surface area contributed by atoms with Crippen molar-refractivity contribution in [2.75, 3.05) is 39.3 Å². The Morgan fingerprint density at radius 2 is 1.38 bits per heavy atom.